The number of rotatable bonds is 15. The van der Waals surface area contributed by atoms with Crippen LogP contribution in [-0.2, 0) is 30.2 Å². The lowest BCUT2D eigenvalue weighted by atomic mass is 10.0. The number of hydrogen-bond acceptors (Lipinski definition) is 5. The molecule has 1 aromatic carbocycles. The lowest BCUT2D eigenvalue weighted by molar-refractivity contribution is 0.216. The number of aryl methyl sites for hydroxylation is 1. The summed E-state index contributed by atoms with van der Waals surface area (Å²) >= 11 is 0. The molecule has 1 N–H and O–H groups in total. The topological polar surface area (TPSA) is 89.9 Å². The lowest BCUT2D eigenvalue weighted by Gasteiger charge is -2.23. The monoisotopic (exact) mass is 446 g/mol. The van der Waals surface area contributed by atoms with Gasteiger partial charge < -0.3 is 9.05 Å². The third kappa shape index (κ3) is 9.58. The highest BCUT2D eigenvalue weighted by Crippen LogP contribution is 2.56. The fraction of sp³-hybridized carbons (Fsp3) is 0.619. The highest BCUT2D eigenvalue weighted by Gasteiger charge is 2.43. The predicted octanol–water partition coefficient (Wildman–Crippen LogP) is 6.08. The third-order valence-corrected chi connectivity index (χ3v) is 9.12. The summed E-state index contributed by atoms with van der Waals surface area (Å²) in [5.41, 5.74) is 2.17. The van der Waals surface area contributed by atoms with E-state index in [0.29, 0.717) is 0 Å². The van der Waals surface area contributed by atoms with E-state index in [0.717, 1.165) is 12.0 Å². The average Bonchev–Trinajstić information content (AvgIpc) is 2.65. The summed E-state index contributed by atoms with van der Waals surface area (Å²) in [5.74, 6) is 0. The van der Waals surface area contributed by atoms with Crippen LogP contribution in [-0.4, -0.2) is 31.2 Å². The van der Waals surface area contributed by atoms with Crippen LogP contribution < -0.4 is 0 Å². The van der Waals surface area contributed by atoms with E-state index in [-0.39, 0.29) is 19.6 Å². The van der Waals surface area contributed by atoms with E-state index in [2.05, 4.69) is 19.1 Å². The zero-order valence-corrected chi connectivity index (χ0v) is 19.5. The van der Waals surface area contributed by atoms with E-state index in [1.165, 1.54) is 37.7 Å². The largest absolute Gasteiger partial charge is 0.351 e. The third-order valence-electron chi connectivity index (χ3n) is 4.51. The lowest BCUT2D eigenvalue weighted by Crippen LogP contribution is -2.22. The highest BCUT2D eigenvalue weighted by atomic mass is 32.2. The SMILES string of the molecule is CCCCCCCc1ccc(/C=C/CC(P(=O)(OCC)OCC)S(=O)(=O)O)cc1. The minimum absolute atomic E-state index is 0.0208. The molecule has 1 atom stereocenters. The Balaban J connectivity index is 2.73. The summed E-state index contributed by atoms with van der Waals surface area (Å²) < 4.78 is 56.1. The first-order chi connectivity index (χ1) is 13.8. The zero-order chi connectivity index (χ0) is 21.8. The van der Waals surface area contributed by atoms with Crippen molar-refractivity contribution in [2.45, 2.75) is 70.7 Å². The second-order valence-electron chi connectivity index (χ2n) is 6.89. The van der Waals surface area contributed by atoms with E-state index in [4.69, 9.17) is 9.05 Å². The van der Waals surface area contributed by atoms with Crippen molar-refractivity contribution >= 4 is 23.8 Å². The van der Waals surface area contributed by atoms with Crippen LogP contribution in [0.2, 0.25) is 0 Å². The molecule has 0 spiro atoms. The second kappa shape index (κ2) is 13.3. The van der Waals surface area contributed by atoms with Gasteiger partial charge in [0.1, 0.15) is 0 Å². The Morgan fingerprint density at radius 1 is 1.00 bits per heavy atom. The second-order valence-corrected chi connectivity index (χ2v) is 11.1. The molecule has 0 aliphatic heterocycles. The fourth-order valence-electron chi connectivity index (χ4n) is 3.03. The van der Waals surface area contributed by atoms with Gasteiger partial charge in [-0.1, -0.05) is 69.0 Å². The van der Waals surface area contributed by atoms with Crippen LogP contribution in [0.5, 0.6) is 0 Å². The van der Waals surface area contributed by atoms with Crippen molar-refractivity contribution < 1.29 is 26.6 Å². The minimum atomic E-state index is -4.61. The fourth-order valence-corrected chi connectivity index (χ4v) is 6.56. The molecule has 0 heterocycles. The van der Waals surface area contributed by atoms with E-state index in [9.17, 15) is 17.5 Å². The molecule has 8 heteroatoms. The molecule has 29 heavy (non-hydrogen) atoms. The van der Waals surface area contributed by atoms with Crippen molar-refractivity contribution in [3.05, 3.63) is 41.5 Å². The molecule has 0 amide bonds. The number of benzene rings is 1. The maximum atomic E-state index is 12.8. The molecule has 0 bridgehead atoms. The Morgan fingerprint density at radius 2 is 1.59 bits per heavy atom. The Bertz CT molecular complexity index is 748. The molecule has 1 unspecified atom stereocenters. The van der Waals surface area contributed by atoms with Crippen molar-refractivity contribution in [3.63, 3.8) is 0 Å². The normalized spacial score (nSPS) is 13.8. The van der Waals surface area contributed by atoms with Gasteiger partial charge in [-0.15, -0.1) is 0 Å². The van der Waals surface area contributed by atoms with Gasteiger partial charge in [-0.25, -0.2) is 0 Å². The van der Waals surface area contributed by atoms with E-state index in [1.54, 1.807) is 26.0 Å². The molecule has 166 valence electrons. The number of hydrogen-bond donors (Lipinski definition) is 1. The first kappa shape index (κ1) is 26.1. The molecule has 0 aliphatic carbocycles. The van der Waals surface area contributed by atoms with Gasteiger partial charge in [0.2, 0.25) is 0 Å². The van der Waals surface area contributed by atoms with Crippen molar-refractivity contribution in [2.24, 2.45) is 0 Å². The van der Waals surface area contributed by atoms with Gasteiger partial charge in [-0.3, -0.25) is 9.12 Å². The molecule has 0 saturated heterocycles. The van der Waals surface area contributed by atoms with Gasteiger partial charge >= 0.3 is 7.60 Å². The van der Waals surface area contributed by atoms with Gasteiger partial charge in [0.05, 0.1) is 13.2 Å². The van der Waals surface area contributed by atoms with E-state index in [1.807, 2.05) is 12.1 Å². The quantitative estimate of drug-likeness (QED) is 0.199. The zero-order valence-electron chi connectivity index (χ0n) is 17.7. The van der Waals surface area contributed by atoms with Gasteiger partial charge in [0.25, 0.3) is 10.1 Å². The Labute approximate surface area is 176 Å². The van der Waals surface area contributed by atoms with Crippen LogP contribution in [0, 0.1) is 0 Å². The molecular formula is C21H35O6PS. The summed E-state index contributed by atoms with van der Waals surface area (Å²) in [6, 6.07) is 8.05. The summed E-state index contributed by atoms with van der Waals surface area (Å²) in [5, 5.41) is 0. The molecule has 0 fully saturated rings. The van der Waals surface area contributed by atoms with Crippen molar-refractivity contribution in [1.82, 2.24) is 0 Å². The van der Waals surface area contributed by atoms with Gasteiger partial charge in [-0.05, 0) is 44.2 Å². The van der Waals surface area contributed by atoms with E-state index >= 15 is 0 Å². The van der Waals surface area contributed by atoms with Crippen LogP contribution >= 0.6 is 7.60 Å². The maximum absolute atomic E-state index is 12.8. The summed E-state index contributed by atoms with van der Waals surface area (Å²) in [6.07, 6.45) is 10.4. The highest BCUT2D eigenvalue weighted by molar-refractivity contribution is 7.94. The van der Waals surface area contributed by atoms with Crippen LogP contribution in [0.3, 0.4) is 0 Å². The number of allylic oxidation sites excluding steroid dienone is 1. The van der Waals surface area contributed by atoms with E-state index < -0.39 is 22.7 Å². The maximum Gasteiger partial charge on any atom is 0.351 e. The van der Waals surface area contributed by atoms with Crippen LogP contribution in [0.25, 0.3) is 6.08 Å². The summed E-state index contributed by atoms with van der Waals surface area (Å²) in [6.45, 7) is 5.43. The Hall–Kier alpha value is -0.980. The number of unbranched alkanes of at least 4 members (excludes halogenated alkanes) is 4. The van der Waals surface area contributed by atoms with Crippen molar-refractivity contribution in [3.8, 4) is 0 Å². The summed E-state index contributed by atoms with van der Waals surface area (Å²) in [7, 11) is -8.60. The van der Waals surface area contributed by atoms with Crippen molar-refractivity contribution in [1.29, 1.82) is 0 Å². The van der Waals surface area contributed by atoms with Crippen LogP contribution in [0.15, 0.2) is 30.3 Å². The first-order valence-corrected chi connectivity index (χ1v) is 13.5. The molecular weight excluding hydrogens is 411 g/mol. The molecule has 0 saturated carbocycles. The van der Waals surface area contributed by atoms with Crippen molar-refractivity contribution in [2.75, 3.05) is 13.2 Å². The summed E-state index contributed by atoms with van der Waals surface area (Å²) in [4.78, 5) is -1.64. The molecule has 6 nitrogen and oxygen atoms in total. The smallest absolute Gasteiger partial charge is 0.308 e. The predicted molar refractivity (Wildman–Crippen MR) is 119 cm³/mol. The van der Waals surface area contributed by atoms with Crippen LogP contribution in [0.4, 0.5) is 0 Å². The molecule has 0 aromatic heterocycles. The molecule has 1 aromatic rings. The molecule has 0 radical (unpaired) electrons. The van der Waals surface area contributed by atoms with Crippen LogP contribution in [0.1, 0.15) is 70.4 Å². The first-order valence-electron chi connectivity index (χ1n) is 10.4. The standard InChI is InChI=1S/C21H35O6PS/c1-4-7-8-9-10-12-19-15-17-20(18-16-19)13-11-14-21(29(23,24)25)28(22,26-5-2)27-6-3/h11,13,15-18,21H,4-10,12,14H2,1-3H3,(H,23,24,25)/b13-11+. The molecule has 1 rings (SSSR count). The van der Waals surface area contributed by atoms with Gasteiger partial charge in [0, 0.05) is 0 Å². The minimum Gasteiger partial charge on any atom is -0.308 e. The van der Waals surface area contributed by atoms with Gasteiger partial charge in [-0.2, -0.15) is 8.42 Å². The average molecular weight is 447 g/mol. The Morgan fingerprint density at radius 3 is 2.10 bits per heavy atom. The van der Waals surface area contributed by atoms with Gasteiger partial charge in [0.15, 0.2) is 4.99 Å². The molecule has 0 aliphatic rings. The Kier molecular flexibility index (Phi) is 12.0.